The third-order valence-corrected chi connectivity index (χ3v) is 5.13. The first-order chi connectivity index (χ1) is 12.6. The van der Waals surface area contributed by atoms with Crippen LogP contribution in [0.4, 0.5) is 0 Å². The van der Waals surface area contributed by atoms with Crippen LogP contribution in [0, 0.1) is 5.92 Å². The number of halogens is 1. The van der Waals surface area contributed by atoms with Crippen LogP contribution in [0.2, 0.25) is 0 Å². The highest BCUT2D eigenvalue weighted by atomic mass is 35.5. The molecule has 0 aliphatic carbocycles. The molecule has 0 saturated carbocycles. The van der Waals surface area contributed by atoms with E-state index in [0.29, 0.717) is 18.1 Å². The van der Waals surface area contributed by atoms with Crippen molar-refractivity contribution in [2.45, 2.75) is 31.8 Å². The number of nitrogens with one attached hydrogen (secondary N) is 3. The molecule has 3 atom stereocenters. The molecule has 152 valence electrons. The predicted octanol–water partition coefficient (Wildman–Crippen LogP) is 1.84. The normalized spacial score (nSPS) is 20.1. The van der Waals surface area contributed by atoms with Crippen molar-refractivity contribution in [1.29, 1.82) is 0 Å². The van der Waals surface area contributed by atoms with E-state index >= 15 is 0 Å². The number of benzene rings is 1. The lowest BCUT2D eigenvalue weighted by Crippen LogP contribution is -2.55. The summed E-state index contributed by atoms with van der Waals surface area (Å²) >= 11 is 1.66. The third kappa shape index (κ3) is 8.41. The molecule has 1 fully saturated rings. The number of ether oxygens (including phenoxy) is 1. The number of piperidine rings is 1. The van der Waals surface area contributed by atoms with Crippen molar-refractivity contribution in [2.75, 3.05) is 31.7 Å². The fourth-order valence-electron chi connectivity index (χ4n) is 2.92. The van der Waals surface area contributed by atoms with Crippen molar-refractivity contribution < 1.29 is 14.3 Å². The fourth-order valence-corrected chi connectivity index (χ4v) is 3.39. The number of amides is 2. The predicted molar refractivity (Wildman–Crippen MR) is 113 cm³/mol. The van der Waals surface area contributed by atoms with Crippen molar-refractivity contribution >= 4 is 36.0 Å². The summed E-state index contributed by atoms with van der Waals surface area (Å²) in [7, 11) is 0. The molecule has 1 aliphatic rings. The van der Waals surface area contributed by atoms with Crippen molar-refractivity contribution in [3.63, 3.8) is 0 Å². The molecule has 2 amide bonds. The molecule has 8 heteroatoms. The van der Waals surface area contributed by atoms with Gasteiger partial charge in [0.05, 0.1) is 0 Å². The van der Waals surface area contributed by atoms with Crippen LogP contribution >= 0.6 is 24.2 Å². The summed E-state index contributed by atoms with van der Waals surface area (Å²) in [6.45, 7) is 3.83. The van der Waals surface area contributed by atoms with Crippen LogP contribution in [0.5, 0.6) is 5.75 Å². The molecule has 1 aliphatic heterocycles. The zero-order chi connectivity index (χ0) is 18.8. The summed E-state index contributed by atoms with van der Waals surface area (Å²) in [6.07, 6.45) is 3.50. The van der Waals surface area contributed by atoms with Crippen LogP contribution in [-0.4, -0.2) is 55.6 Å². The van der Waals surface area contributed by atoms with Crippen molar-refractivity contribution in [3.8, 4) is 5.75 Å². The van der Waals surface area contributed by atoms with Gasteiger partial charge in [-0.3, -0.25) is 9.59 Å². The number of hydrogen-bond acceptors (Lipinski definition) is 5. The van der Waals surface area contributed by atoms with E-state index in [1.54, 1.807) is 23.9 Å². The Bertz CT molecular complexity index is 577. The Morgan fingerprint density at radius 3 is 2.74 bits per heavy atom. The topological polar surface area (TPSA) is 79.5 Å². The number of carbonyl (C=O) groups is 2. The van der Waals surface area contributed by atoms with Gasteiger partial charge in [0.25, 0.3) is 5.91 Å². The smallest absolute Gasteiger partial charge is 0.258 e. The summed E-state index contributed by atoms with van der Waals surface area (Å²) in [5.41, 5.74) is 0. The largest absolute Gasteiger partial charge is 0.484 e. The Hall–Kier alpha value is -1.44. The lowest BCUT2D eigenvalue weighted by Gasteiger charge is -2.31. The van der Waals surface area contributed by atoms with Crippen LogP contribution in [0.3, 0.4) is 0 Å². The Balaban J connectivity index is 0.00000364. The zero-order valence-electron chi connectivity index (χ0n) is 15.9. The van der Waals surface area contributed by atoms with Gasteiger partial charge in [-0.1, -0.05) is 25.1 Å². The molecule has 0 radical (unpaired) electrons. The number of thioether (sulfide) groups is 1. The van der Waals surface area contributed by atoms with Crippen LogP contribution in [0.1, 0.15) is 19.8 Å². The lowest BCUT2D eigenvalue weighted by atomic mass is 9.95. The third-order valence-electron chi connectivity index (χ3n) is 4.49. The molecule has 1 aromatic carbocycles. The Kier molecular flexibility index (Phi) is 11.2. The molecule has 1 aromatic rings. The van der Waals surface area contributed by atoms with E-state index in [0.717, 1.165) is 25.3 Å². The summed E-state index contributed by atoms with van der Waals surface area (Å²) in [4.78, 5) is 24.9. The number of hydrogen-bond donors (Lipinski definition) is 3. The molecule has 1 heterocycles. The van der Waals surface area contributed by atoms with Crippen LogP contribution < -0.4 is 20.7 Å². The van der Waals surface area contributed by atoms with Crippen LogP contribution in [0.25, 0.3) is 0 Å². The molecule has 27 heavy (non-hydrogen) atoms. The van der Waals surface area contributed by atoms with E-state index in [-0.39, 0.29) is 36.9 Å². The minimum Gasteiger partial charge on any atom is -0.484 e. The monoisotopic (exact) mass is 415 g/mol. The van der Waals surface area contributed by atoms with Gasteiger partial charge in [-0.25, -0.2) is 0 Å². The van der Waals surface area contributed by atoms with Crippen molar-refractivity contribution in [1.82, 2.24) is 16.0 Å². The summed E-state index contributed by atoms with van der Waals surface area (Å²) in [5.74, 6) is 1.43. The molecule has 0 aromatic heterocycles. The average molecular weight is 416 g/mol. The lowest BCUT2D eigenvalue weighted by molar-refractivity contribution is -0.130. The minimum atomic E-state index is -0.531. The van der Waals surface area contributed by atoms with E-state index in [1.165, 1.54) is 0 Å². The van der Waals surface area contributed by atoms with E-state index in [4.69, 9.17) is 4.74 Å². The first-order valence-corrected chi connectivity index (χ1v) is 10.5. The second-order valence-corrected chi connectivity index (χ2v) is 7.57. The minimum absolute atomic E-state index is 0. The van der Waals surface area contributed by atoms with Gasteiger partial charge in [-0.05, 0) is 56.0 Å². The summed E-state index contributed by atoms with van der Waals surface area (Å²) in [6, 6.07) is 8.80. The molecular formula is C19H30ClN3O3S. The van der Waals surface area contributed by atoms with Crippen molar-refractivity contribution in [3.05, 3.63) is 30.3 Å². The van der Waals surface area contributed by atoms with Gasteiger partial charge in [-0.15, -0.1) is 12.4 Å². The molecule has 0 bridgehead atoms. The van der Waals surface area contributed by atoms with E-state index in [1.807, 2.05) is 24.5 Å². The molecule has 3 unspecified atom stereocenters. The molecule has 0 spiro atoms. The maximum absolute atomic E-state index is 12.7. The Morgan fingerprint density at radius 2 is 2.07 bits per heavy atom. The standard InChI is InChI=1S/C19H29N3O3S.ClH/c1-14-12-20-10-8-16(14)22-19(24)17(9-11-26-2)21-18(23)13-25-15-6-4-3-5-7-15;/h3-7,14,16-17,20H,8-13H2,1-2H3,(H,21,23)(H,22,24);1H. The highest BCUT2D eigenvalue weighted by Gasteiger charge is 2.27. The Labute approximate surface area is 172 Å². The number of para-hydroxylation sites is 1. The van der Waals surface area contributed by atoms with Crippen molar-refractivity contribution in [2.24, 2.45) is 5.92 Å². The first-order valence-electron chi connectivity index (χ1n) is 9.07. The maximum Gasteiger partial charge on any atom is 0.258 e. The Morgan fingerprint density at radius 1 is 1.33 bits per heavy atom. The van der Waals surface area contributed by atoms with Gasteiger partial charge < -0.3 is 20.7 Å². The maximum atomic E-state index is 12.7. The summed E-state index contributed by atoms with van der Waals surface area (Å²) < 4.78 is 5.46. The van der Waals surface area contributed by atoms with Crippen LogP contribution in [-0.2, 0) is 9.59 Å². The molecule has 3 N–H and O–H groups in total. The van der Waals surface area contributed by atoms with Gasteiger partial charge >= 0.3 is 0 Å². The van der Waals surface area contributed by atoms with Gasteiger partial charge in [0, 0.05) is 6.04 Å². The average Bonchev–Trinajstić information content (AvgIpc) is 2.66. The highest BCUT2D eigenvalue weighted by Crippen LogP contribution is 2.12. The van der Waals surface area contributed by atoms with Gasteiger partial charge in [-0.2, -0.15) is 11.8 Å². The van der Waals surface area contributed by atoms with Gasteiger partial charge in [0.15, 0.2) is 6.61 Å². The van der Waals surface area contributed by atoms with Crippen LogP contribution in [0.15, 0.2) is 30.3 Å². The fraction of sp³-hybridized carbons (Fsp3) is 0.579. The molecule has 2 rings (SSSR count). The zero-order valence-corrected chi connectivity index (χ0v) is 17.5. The van der Waals surface area contributed by atoms with E-state index in [9.17, 15) is 9.59 Å². The first kappa shape index (κ1) is 23.6. The molecule has 6 nitrogen and oxygen atoms in total. The molecule has 1 saturated heterocycles. The second kappa shape index (κ2) is 12.9. The number of rotatable bonds is 9. The highest BCUT2D eigenvalue weighted by molar-refractivity contribution is 7.98. The summed E-state index contributed by atoms with van der Waals surface area (Å²) in [5, 5.41) is 9.26. The quantitative estimate of drug-likeness (QED) is 0.573. The number of carbonyl (C=O) groups excluding carboxylic acids is 2. The van der Waals surface area contributed by atoms with Gasteiger partial charge in [0.2, 0.25) is 5.91 Å². The second-order valence-electron chi connectivity index (χ2n) is 6.59. The molecular weight excluding hydrogens is 386 g/mol. The van der Waals surface area contributed by atoms with Gasteiger partial charge in [0.1, 0.15) is 11.8 Å². The van der Waals surface area contributed by atoms with E-state index < -0.39 is 6.04 Å². The SMILES string of the molecule is CSCCC(NC(=O)COc1ccccc1)C(=O)NC1CCNCC1C.Cl. The van der Waals surface area contributed by atoms with E-state index in [2.05, 4.69) is 22.9 Å².